The third-order valence-corrected chi connectivity index (χ3v) is 3.92. The van der Waals surface area contributed by atoms with Gasteiger partial charge in [-0.1, -0.05) is 60.8 Å². The number of aryl methyl sites for hydroxylation is 1. The molecule has 1 aromatic carbocycles. The topological polar surface area (TPSA) is 17.1 Å². The summed E-state index contributed by atoms with van der Waals surface area (Å²) in [6.45, 7) is 2.08. The Morgan fingerprint density at radius 2 is 2.05 bits per heavy atom. The maximum atomic E-state index is 12.5. The number of hydrogen-bond donors (Lipinski definition) is 0. The van der Waals surface area contributed by atoms with E-state index >= 15 is 0 Å². The van der Waals surface area contributed by atoms with Gasteiger partial charge in [-0.3, -0.25) is 4.79 Å². The van der Waals surface area contributed by atoms with Crippen LogP contribution >= 0.6 is 23.2 Å². The molecule has 0 heterocycles. The summed E-state index contributed by atoms with van der Waals surface area (Å²) in [4.78, 5) is 12.5. The minimum absolute atomic E-state index is 0.0797. The smallest absolute Gasteiger partial charge is 0.195 e. The van der Waals surface area contributed by atoms with E-state index in [4.69, 9.17) is 23.2 Å². The van der Waals surface area contributed by atoms with Crippen LogP contribution in [-0.4, -0.2) is 5.78 Å². The zero-order valence-corrected chi connectivity index (χ0v) is 12.4. The van der Waals surface area contributed by atoms with Crippen LogP contribution in [-0.2, 0) is 6.42 Å². The molecule has 19 heavy (non-hydrogen) atoms. The van der Waals surface area contributed by atoms with Gasteiger partial charge in [-0.2, -0.15) is 0 Å². The van der Waals surface area contributed by atoms with Crippen LogP contribution in [0.15, 0.2) is 35.9 Å². The van der Waals surface area contributed by atoms with Crippen molar-refractivity contribution >= 4 is 29.0 Å². The van der Waals surface area contributed by atoms with E-state index in [0.29, 0.717) is 21.2 Å². The van der Waals surface area contributed by atoms with E-state index in [9.17, 15) is 4.79 Å². The van der Waals surface area contributed by atoms with Gasteiger partial charge in [0.2, 0.25) is 0 Å². The molecule has 1 nitrogen and oxygen atoms in total. The zero-order valence-electron chi connectivity index (χ0n) is 10.9. The Kier molecular flexibility index (Phi) is 4.84. The molecule has 0 aromatic heterocycles. The largest absolute Gasteiger partial charge is 0.289 e. The number of hydrogen-bond acceptors (Lipinski definition) is 1. The molecule has 0 bridgehead atoms. The number of benzene rings is 1. The number of ketones is 1. The lowest BCUT2D eigenvalue weighted by Crippen LogP contribution is -2.06. The lowest BCUT2D eigenvalue weighted by molar-refractivity contribution is 0.103. The van der Waals surface area contributed by atoms with Gasteiger partial charge in [0.05, 0.1) is 15.6 Å². The second-order valence-electron chi connectivity index (χ2n) is 4.61. The summed E-state index contributed by atoms with van der Waals surface area (Å²) < 4.78 is 0. The number of allylic oxidation sites excluding steroid dienone is 4. The van der Waals surface area contributed by atoms with Gasteiger partial charge in [0.1, 0.15) is 0 Å². The lowest BCUT2D eigenvalue weighted by atomic mass is 9.96. The van der Waals surface area contributed by atoms with Crippen LogP contribution in [0.4, 0.5) is 0 Å². The van der Waals surface area contributed by atoms with Crippen LogP contribution in [0.3, 0.4) is 0 Å². The zero-order chi connectivity index (χ0) is 13.8. The van der Waals surface area contributed by atoms with E-state index in [1.54, 1.807) is 6.07 Å². The number of Topliss-reactive ketones (excluding diaryl/α,β-unsaturated/α-hetero) is 1. The molecule has 0 N–H and O–H groups in total. The van der Waals surface area contributed by atoms with Gasteiger partial charge in [-0.25, -0.2) is 0 Å². The van der Waals surface area contributed by atoms with E-state index in [2.05, 4.69) is 6.92 Å². The van der Waals surface area contributed by atoms with Crippen LogP contribution < -0.4 is 0 Å². The van der Waals surface area contributed by atoms with Gasteiger partial charge in [-0.05, 0) is 30.9 Å². The Labute approximate surface area is 123 Å². The van der Waals surface area contributed by atoms with Crippen molar-refractivity contribution in [2.75, 3.05) is 0 Å². The Bertz CT molecular complexity index is 556. The molecule has 1 aliphatic carbocycles. The lowest BCUT2D eigenvalue weighted by Gasteiger charge is -2.12. The van der Waals surface area contributed by atoms with Gasteiger partial charge < -0.3 is 0 Å². The molecule has 2 rings (SSSR count). The van der Waals surface area contributed by atoms with Crippen LogP contribution in [0.1, 0.15) is 42.1 Å². The minimum atomic E-state index is -0.0797. The Balaban J connectivity index is 2.43. The predicted molar refractivity (Wildman–Crippen MR) is 81.2 cm³/mol. The first-order valence-electron chi connectivity index (χ1n) is 6.53. The second-order valence-corrected chi connectivity index (χ2v) is 5.40. The quantitative estimate of drug-likeness (QED) is 0.679. The van der Waals surface area contributed by atoms with Crippen LogP contribution in [0, 0.1) is 0 Å². The summed E-state index contributed by atoms with van der Waals surface area (Å²) in [5.74, 6) is -0.0797. The van der Waals surface area contributed by atoms with Crippen LogP contribution in [0.2, 0.25) is 10.0 Å². The first-order valence-corrected chi connectivity index (χ1v) is 7.29. The van der Waals surface area contributed by atoms with Crippen LogP contribution in [0.5, 0.6) is 0 Å². The van der Waals surface area contributed by atoms with E-state index in [1.165, 1.54) is 0 Å². The van der Waals surface area contributed by atoms with E-state index in [-0.39, 0.29) is 5.78 Å². The summed E-state index contributed by atoms with van der Waals surface area (Å²) in [5, 5.41) is 0.925. The molecule has 0 saturated heterocycles. The molecule has 0 radical (unpaired) electrons. The number of rotatable bonds is 4. The van der Waals surface area contributed by atoms with E-state index < -0.39 is 0 Å². The second kappa shape index (κ2) is 6.40. The molecule has 100 valence electrons. The average Bonchev–Trinajstić information content (AvgIpc) is 2.43. The molecule has 0 fully saturated rings. The third-order valence-electron chi connectivity index (χ3n) is 3.17. The summed E-state index contributed by atoms with van der Waals surface area (Å²) >= 11 is 12.5. The normalized spacial score (nSPS) is 14.4. The Morgan fingerprint density at radius 3 is 2.68 bits per heavy atom. The molecule has 3 heteroatoms. The van der Waals surface area contributed by atoms with Crippen molar-refractivity contribution in [1.82, 2.24) is 0 Å². The molecule has 1 aliphatic rings. The SMILES string of the molecule is CCCc1ccc(Cl)c(C(=O)C2=CCCC=C2)c1Cl. The molecule has 0 unspecified atom stereocenters. The van der Waals surface area contributed by atoms with Gasteiger partial charge in [-0.15, -0.1) is 0 Å². The van der Waals surface area contributed by atoms with Gasteiger partial charge in [0, 0.05) is 5.57 Å². The van der Waals surface area contributed by atoms with E-state index in [0.717, 1.165) is 31.2 Å². The van der Waals surface area contributed by atoms with Crippen molar-refractivity contribution in [2.45, 2.75) is 32.6 Å². The first kappa shape index (κ1) is 14.4. The highest BCUT2D eigenvalue weighted by Gasteiger charge is 2.20. The average molecular weight is 295 g/mol. The van der Waals surface area contributed by atoms with Crippen molar-refractivity contribution < 1.29 is 4.79 Å². The van der Waals surface area contributed by atoms with Crippen molar-refractivity contribution in [1.29, 1.82) is 0 Å². The fraction of sp³-hybridized carbons (Fsp3) is 0.312. The monoisotopic (exact) mass is 294 g/mol. The minimum Gasteiger partial charge on any atom is -0.289 e. The highest BCUT2D eigenvalue weighted by molar-refractivity contribution is 6.41. The maximum absolute atomic E-state index is 12.5. The molecule has 0 atom stereocenters. The number of halogens is 2. The molecule has 0 saturated carbocycles. The summed E-state index contributed by atoms with van der Waals surface area (Å²) in [6.07, 6.45) is 9.51. The van der Waals surface area contributed by atoms with Crippen molar-refractivity contribution in [3.63, 3.8) is 0 Å². The molecule has 0 spiro atoms. The predicted octanol–water partition coefficient (Wildman–Crippen LogP) is 5.41. The highest BCUT2D eigenvalue weighted by atomic mass is 35.5. The molecular formula is C16H16Cl2O. The van der Waals surface area contributed by atoms with Gasteiger partial charge in [0.15, 0.2) is 5.78 Å². The fourth-order valence-corrected chi connectivity index (χ4v) is 2.83. The first-order chi connectivity index (χ1) is 9.15. The molecular weight excluding hydrogens is 279 g/mol. The summed E-state index contributed by atoms with van der Waals surface area (Å²) in [6, 6.07) is 3.66. The van der Waals surface area contributed by atoms with Gasteiger partial charge >= 0.3 is 0 Å². The standard InChI is InChI=1S/C16H16Cl2O/c1-2-6-11-9-10-13(17)14(15(11)18)16(19)12-7-4-3-5-8-12/h4,7-10H,2-3,5-6H2,1H3. The third kappa shape index (κ3) is 3.10. The van der Waals surface area contributed by atoms with Crippen molar-refractivity contribution in [3.05, 3.63) is 57.1 Å². The summed E-state index contributed by atoms with van der Waals surface area (Å²) in [5.41, 5.74) is 2.10. The van der Waals surface area contributed by atoms with Crippen molar-refractivity contribution in [3.8, 4) is 0 Å². The van der Waals surface area contributed by atoms with Gasteiger partial charge in [0.25, 0.3) is 0 Å². The van der Waals surface area contributed by atoms with Crippen LogP contribution in [0.25, 0.3) is 0 Å². The highest BCUT2D eigenvalue weighted by Crippen LogP contribution is 2.31. The molecule has 0 aliphatic heterocycles. The number of carbonyl (C=O) groups is 1. The maximum Gasteiger partial charge on any atom is 0.195 e. The van der Waals surface area contributed by atoms with Crippen molar-refractivity contribution in [2.24, 2.45) is 0 Å². The Hall–Kier alpha value is -1.05. The molecule has 0 amide bonds. The summed E-state index contributed by atoms with van der Waals surface area (Å²) in [7, 11) is 0. The number of carbonyl (C=O) groups excluding carboxylic acids is 1. The fourth-order valence-electron chi connectivity index (χ4n) is 2.19. The van der Waals surface area contributed by atoms with E-state index in [1.807, 2.05) is 24.3 Å². The molecule has 1 aromatic rings. The Morgan fingerprint density at radius 1 is 1.26 bits per heavy atom.